The smallest absolute Gasteiger partial charge is 0.326 e. The van der Waals surface area contributed by atoms with Crippen LogP contribution in [0.4, 0.5) is 0 Å². The molecule has 0 saturated carbocycles. The van der Waals surface area contributed by atoms with Gasteiger partial charge in [0.15, 0.2) is 0 Å². The predicted octanol–water partition coefficient (Wildman–Crippen LogP) is 1.83. The number of aliphatic hydroxyl groups is 1. The van der Waals surface area contributed by atoms with Gasteiger partial charge in [-0.25, -0.2) is 9.78 Å². The summed E-state index contributed by atoms with van der Waals surface area (Å²) in [7, 11) is 0. The van der Waals surface area contributed by atoms with E-state index in [4.69, 9.17) is 5.73 Å². The van der Waals surface area contributed by atoms with Crippen molar-refractivity contribution in [2.45, 2.75) is 96.0 Å². The molecule has 3 aromatic rings. The van der Waals surface area contributed by atoms with E-state index >= 15 is 0 Å². The Hall–Kier alpha value is -5.08. The van der Waals surface area contributed by atoms with Crippen molar-refractivity contribution in [3.05, 3.63) is 77.9 Å². The van der Waals surface area contributed by atoms with Crippen molar-refractivity contribution in [3.8, 4) is 11.1 Å². The van der Waals surface area contributed by atoms with Crippen molar-refractivity contribution in [2.24, 2.45) is 5.73 Å². The second-order valence-corrected chi connectivity index (χ2v) is 12.3. The first kappa shape index (κ1) is 39.4. The first-order valence-corrected chi connectivity index (χ1v) is 16.9. The zero-order valence-electron chi connectivity index (χ0n) is 28.8. The molecule has 2 aromatic carbocycles. The first-order valence-electron chi connectivity index (χ1n) is 16.9. The number of hydrogen-bond donors (Lipinski definition) is 8. The zero-order chi connectivity index (χ0) is 36.6. The number of imidazole rings is 1. The molecule has 0 saturated heterocycles. The van der Waals surface area contributed by atoms with Crippen LogP contribution in [0.3, 0.4) is 0 Å². The van der Waals surface area contributed by atoms with Gasteiger partial charge in [0.1, 0.15) is 24.2 Å². The summed E-state index contributed by atoms with van der Waals surface area (Å²) in [6.45, 7) is 5.17. The molecule has 0 bridgehead atoms. The quantitative estimate of drug-likeness (QED) is 0.0807. The minimum absolute atomic E-state index is 0.0305. The Labute approximate surface area is 292 Å². The third-order valence-electron chi connectivity index (χ3n) is 8.22. The van der Waals surface area contributed by atoms with Crippen LogP contribution in [0, 0.1) is 0 Å². The van der Waals surface area contributed by atoms with Gasteiger partial charge in [0.05, 0.1) is 18.1 Å². The fraction of sp³-hybridized carbons (Fsp3) is 0.444. The molecular weight excluding hydrogens is 642 g/mol. The summed E-state index contributed by atoms with van der Waals surface area (Å²) >= 11 is 0. The Kier molecular flexibility index (Phi) is 15.6. The molecule has 270 valence electrons. The molecule has 50 heavy (non-hydrogen) atoms. The number of aromatic nitrogens is 2. The molecule has 1 aromatic heterocycles. The highest BCUT2D eigenvalue weighted by Gasteiger charge is 2.32. The number of rotatable bonds is 20. The minimum Gasteiger partial charge on any atom is -0.480 e. The SMILES string of the molecule is CCCCc1ccc(-c2ccc(C(=O)N[C@@H](Cc3c[nH]cn3)C(=O)N[C@H](C(=O)N[C@@H](C)C(=O)N[C@@H](CCCCN)C(=O)O)[C@@H](C)O)cc2)cc1. The van der Waals surface area contributed by atoms with E-state index in [1.807, 2.05) is 24.3 Å². The molecular formula is C36H49N7O7. The highest BCUT2D eigenvalue weighted by molar-refractivity contribution is 5.99. The van der Waals surface area contributed by atoms with Gasteiger partial charge in [-0.2, -0.15) is 0 Å². The van der Waals surface area contributed by atoms with Crippen LogP contribution >= 0.6 is 0 Å². The van der Waals surface area contributed by atoms with Gasteiger partial charge in [0.25, 0.3) is 5.91 Å². The molecule has 14 heteroatoms. The van der Waals surface area contributed by atoms with Crippen molar-refractivity contribution < 1.29 is 34.2 Å². The molecule has 0 aliphatic carbocycles. The normalized spacial score (nSPS) is 14.0. The lowest BCUT2D eigenvalue weighted by Crippen LogP contribution is -2.60. The Morgan fingerprint density at radius 3 is 2.04 bits per heavy atom. The minimum atomic E-state index is -1.51. The molecule has 1 heterocycles. The Morgan fingerprint density at radius 2 is 1.48 bits per heavy atom. The maximum absolute atomic E-state index is 13.5. The van der Waals surface area contributed by atoms with E-state index < -0.39 is 59.9 Å². The number of aliphatic carboxylic acids is 1. The number of carbonyl (C=O) groups is 5. The number of H-pyrrole nitrogens is 1. The summed E-state index contributed by atoms with van der Waals surface area (Å²) in [5, 5.41) is 29.9. The molecule has 5 atom stereocenters. The molecule has 0 fully saturated rings. The predicted molar refractivity (Wildman–Crippen MR) is 188 cm³/mol. The van der Waals surface area contributed by atoms with Gasteiger partial charge in [-0.3, -0.25) is 19.2 Å². The highest BCUT2D eigenvalue weighted by atomic mass is 16.4. The lowest BCUT2D eigenvalue weighted by molar-refractivity contribution is -0.142. The third-order valence-corrected chi connectivity index (χ3v) is 8.22. The number of carbonyl (C=O) groups excluding carboxylic acids is 4. The van der Waals surface area contributed by atoms with E-state index in [-0.39, 0.29) is 12.8 Å². The van der Waals surface area contributed by atoms with Crippen molar-refractivity contribution in [1.82, 2.24) is 31.2 Å². The third kappa shape index (κ3) is 12.1. The average Bonchev–Trinajstić information content (AvgIpc) is 3.62. The van der Waals surface area contributed by atoms with E-state index in [2.05, 4.69) is 50.3 Å². The van der Waals surface area contributed by atoms with Crippen molar-refractivity contribution in [3.63, 3.8) is 0 Å². The number of aryl methyl sites for hydroxylation is 1. The van der Waals surface area contributed by atoms with E-state index in [1.54, 1.807) is 18.3 Å². The number of carboxylic acids is 1. The maximum Gasteiger partial charge on any atom is 0.326 e. The molecule has 14 nitrogen and oxygen atoms in total. The molecule has 0 spiro atoms. The average molecular weight is 692 g/mol. The summed E-state index contributed by atoms with van der Waals surface area (Å²) in [5.74, 6) is -4.18. The highest BCUT2D eigenvalue weighted by Crippen LogP contribution is 2.21. The van der Waals surface area contributed by atoms with Crippen LogP contribution in [0.2, 0.25) is 0 Å². The van der Waals surface area contributed by atoms with Crippen LogP contribution in [-0.4, -0.2) is 86.6 Å². The van der Waals surface area contributed by atoms with Gasteiger partial charge in [-0.05, 0) is 81.3 Å². The van der Waals surface area contributed by atoms with Crippen molar-refractivity contribution in [1.29, 1.82) is 0 Å². The van der Waals surface area contributed by atoms with Crippen LogP contribution in [0.1, 0.15) is 74.5 Å². The number of aliphatic hydroxyl groups excluding tert-OH is 1. The molecule has 0 radical (unpaired) electrons. The molecule has 4 amide bonds. The monoisotopic (exact) mass is 691 g/mol. The number of nitrogens with two attached hydrogens (primary N) is 1. The number of hydrogen-bond acceptors (Lipinski definition) is 8. The van der Waals surface area contributed by atoms with E-state index in [0.29, 0.717) is 30.6 Å². The lowest BCUT2D eigenvalue weighted by atomic mass is 10.0. The molecule has 3 rings (SSSR count). The van der Waals surface area contributed by atoms with Gasteiger partial charge in [0.2, 0.25) is 17.7 Å². The first-order chi connectivity index (χ1) is 23.9. The zero-order valence-corrected chi connectivity index (χ0v) is 28.8. The maximum atomic E-state index is 13.5. The summed E-state index contributed by atoms with van der Waals surface area (Å²) in [5.41, 5.74) is 9.43. The number of amides is 4. The van der Waals surface area contributed by atoms with Gasteiger partial charge in [0, 0.05) is 18.2 Å². The van der Waals surface area contributed by atoms with Crippen LogP contribution in [-0.2, 0) is 32.0 Å². The number of unbranched alkanes of at least 4 members (excludes halogenated alkanes) is 2. The van der Waals surface area contributed by atoms with E-state index in [1.165, 1.54) is 25.7 Å². The lowest BCUT2D eigenvalue weighted by Gasteiger charge is -2.26. The second kappa shape index (κ2) is 19.8. The van der Waals surface area contributed by atoms with Gasteiger partial charge in [-0.15, -0.1) is 0 Å². The van der Waals surface area contributed by atoms with E-state index in [0.717, 1.165) is 30.4 Å². The molecule has 0 aliphatic heterocycles. The van der Waals surface area contributed by atoms with Crippen LogP contribution < -0.4 is 27.0 Å². The number of benzene rings is 2. The Balaban J connectivity index is 1.68. The fourth-order valence-corrected chi connectivity index (χ4v) is 5.20. The molecule has 0 unspecified atom stereocenters. The summed E-state index contributed by atoms with van der Waals surface area (Å²) < 4.78 is 0. The summed E-state index contributed by atoms with van der Waals surface area (Å²) in [6.07, 6.45) is 6.06. The Bertz CT molecular complexity index is 1540. The summed E-state index contributed by atoms with van der Waals surface area (Å²) in [6, 6.07) is 10.2. The van der Waals surface area contributed by atoms with Gasteiger partial charge >= 0.3 is 5.97 Å². The van der Waals surface area contributed by atoms with Crippen LogP contribution in [0.5, 0.6) is 0 Å². The van der Waals surface area contributed by atoms with Gasteiger partial charge in [-0.1, -0.05) is 49.7 Å². The molecule has 9 N–H and O–H groups in total. The summed E-state index contributed by atoms with van der Waals surface area (Å²) in [4.78, 5) is 71.3. The fourth-order valence-electron chi connectivity index (χ4n) is 5.20. The van der Waals surface area contributed by atoms with Crippen LogP contribution in [0.15, 0.2) is 61.1 Å². The number of carboxylic acid groups (broad SMARTS) is 1. The Morgan fingerprint density at radius 1 is 0.820 bits per heavy atom. The second-order valence-electron chi connectivity index (χ2n) is 12.3. The number of aromatic amines is 1. The largest absolute Gasteiger partial charge is 0.480 e. The van der Waals surface area contributed by atoms with Crippen LogP contribution in [0.25, 0.3) is 11.1 Å². The molecule has 0 aliphatic rings. The van der Waals surface area contributed by atoms with Crippen molar-refractivity contribution >= 4 is 29.6 Å². The van der Waals surface area contributed by atoms with Crippen molar-refractivity contribution in [2.75, 3.05) is 6.54 Å². The van der Waals surface area contributed by atoms with E-state index in [9.17, 15) is 34.2 Å². The number of nitrogens with zero attached hydrogens (tertiary/aromatic N) is 1. The standard InChI is InChI=1S/C36H49N7O7/c1-4-5-8-24-10-12-25(13-11-24)26-14-16-27(17-15-26)33(46)42-30(19-28-20-38-21-39-28)34(47)43-31(23(3)44)35(48)40-22(2)32(45)41-29(36(49)50)9-6-7-18-37/h10-17,20-23,29-31,44H,4-9,18-19,37H2,1-3H3,(H,38,39)(H,40,48)(H,41,45)(H,42,46)(H,43,47)(H,49,50)/t22-,23+,29-,30-,31-/m0/s1. The topological polar surface area (TPSA) is 229 Å². The van der Waals surface area contributed by atoms with Gasteiger partial charge < -0.3 is 42.2 Å². The number of nitrogens with one attached hydrogen (secondary N) is 5.